The molecule has 6 heteroatoms. The Morgan fingerprint density at radius 1 is 1.32 bits per heavy atom. The molecule has 5 nitrogen and oxygen atoms in total. The Balaban J connectivity index is 2.26. The highest BCUT2D eigenvalue weighted by Crippen LogP contribution is 2.36. The second-order valence-electron chi connectivity index (χ2n) is 4.61. The zero-order valence-corrected chi connectivity index (χ0v) is 12.3. The Hall–Kier alpha value is -1.40. The molecule has 2 atom stereocenters. The minimum absolute atomic E-state index is 0.0735. The van der Waals surface area contributed by atoms with Crippen molar-refractivity contribution < 1.29 is 0 Å². The van der Waals surface area contributed by atoms with E-state index in [-0.39, 0.29) is 11.3 Å². The average Bonchev–Trinajstić information content (AvgIpc) is 2.82. The fourth-order valence-corrected chi connectivity index (χ4v) is 2.97. The van der Waals surface area contributed by atoms with E-state index in [4.69, 9.17) is 5.73 Å². The summed E-state index contributed by atoms with van der Waals surface area (Å²) in [5.41, 5.74) is 8.72. The first-order chi connectivity index (χ1) is 9.11. The van der Waals surface area contributed by atoms with Gasteiger partial charge in [-0.05, 0) is 29.3 Å². The summed E-state index contributed by atoms with van der Waals surface area (Å²) in [5.74, 6) is 0. The lowest BCUT2D eigenvalue weighted by Crippen LogP contribution is -2.26. The molecule has 1 aromatic heterocycles. The molecule has 0 radical (unpaired) electrons. The van der Waals surface area contributed by atoms with Crippen molar-refractivity contribution in [3.63, 3.8) is 0 Å². The number of aryl methyl sites for hydroxylation is 2. The number of benzene rings is 1. The lowest BCUT2D eigenvalue weighted by Gasteiger charge is -2.22. The second kappa shape index (κ2) is 6.16. The van der Waals surface area contributed by atoms with Crippen molar-refractivity contribution in [3.05, 3.63) is 35.4 Å². The third-order valence-corrected chi connectivity index (χ3v) is 4.51. The van der Waals surface area contributed by atoms with Crippen molar-refractivity contribution in [2.45, 2.75) is 36.7 Å². The molecule has 2 unspecified atom stereocenters. The molecule has 2 N–H and O–H groups in total. The van der Waals surface area contributed by atoms with Gasteiger partial charge in [-0.15, -0.1) is 5.10 Å². The van der Waals surface area contributed by atoms with Gasteiger partial charge in [-0.2, -0.15) is 0 Å². The van der Waals surface area contributed by atoms with Crippen LogP contribution >= 0.6 is 11.8 Å². The molecule has 0 bridgehead atoms. The third-order valence-electron chi connectivity index (χ3n) is 3.08. The maximum absolute atomic E-state index is 6.26. The van der Waals surface area contributed by atoms with Gasteiger partial charge in [0.25, 0.3) is 0 Å². The SMILES string of the molecule is CCC(N)C(Sc1nnnn1C)c1ccc(C)cc1. The van der Waals surface area contributed by atoms with Crippen LogP contribution < -0.4 is 5.73 Å². The van der Waals surface area contributed by atoms with Crippen LogP contribution in [0.15, 0.2) is 29.4 Å². The fourth-order valence-electron chi connectivity index (χ4n) is 1.81. The van der Waals surface area contributed by atoms with E-state index in [1.54, 1.807) is 16.4 Å². The van der Waals surface area contributed by atoms with E-state index in [1.165, 1.54) is 11.1 Å². The topological polar surface area (TPSA) is 69.6 Å². The standard InChI is InChI=1S/C13H19N5S/c1-4-11(14)12(10-7-5-9(2)6-8-10)19-13-15-16-17-18(13)3/h5-8,11-12H,4,14H2,1-3H3. The number of nitrogens with zero attached hydrogens (tertiary/aromatic N) is 4. The van der Waals surface area contributed by atoms with Gasteiger partial charge in [0.1, 0.15) is 0 Å². The number of aromatic nitrogens is 4. The van der Waals surface area contributed by atoms with Crippen molar-refractivity contribution in [1.29, 1.82) is 0 Å². The molecule has 0 amide bonds. The molecule has 1 aromatic carbocycles. The lowest BCUT2D eigenvalue weighted by atomic mass is 10.0. The van der Waals surface area contributed by atoms with E-state index in [1.807, 2.05) is 7.05 Å². The summed E-state index contributed by atoms with van der Waals surface area (Å²) in [6.45, 7) is 4.18. The van der Waals surface area contributed by atoms with E-state index in [0.29, 0.717) is 0 Å². The van der Waals surface area contributed by atoms with Crippen LogP contribution in [0.4, 0.5) is 0 Å². The molecular weight excluding hydrogens is 258 g/mol. The summed E-state index contributed by atoms with van der Waals surface area (Å²) in [4.78, 5) is 0. The van der Waals surface area contributed by atoms with Gasteiger partial charge in [-0.25, -0.2) is 4.68 Å². The van der Waals surface area contributed by atoms with E-state index < -0.39 is 0 Å². The first-order valence-electron chi connectivity index (χ1n) is 6.33. The molecule has 0 aliphatic heterocycles. The molecule has 2 aromatic rings. The van der Waals surface area contributed by atoms with E-state index >= 15 is 0 Å². The maximum atomic E-state index is 6.26. The Morgan fingerprint density at radius 3 is 2.53 bits per heavy atom. The minimum Gasteiger partial charge on any atom is -0.326 e. The molecule has 1 heterocycles. The third kappa shape index (κ3) is 3.33. The van der Waals surface area contributed by atoms with Crippen molar-refractivity contribution in [1.82, 2.24) is 20.2 Å². The summed E-state index contributed by atoms with van der Waals surface area (Å²) in [6.07, 6.45) is 0.914. The van der Waals surface area contributed by atoms with Crippen molar-refractivity contribution in [2.24, 2.45) is 12.8 Å². The molecule has 19 heavy (non-hydrogen) atoms. The van der Waals surface area contributed by atoms with Crippen LogP contribution in [0.1, 0.15) is 29.7 Å². The molecule has 0 spiro atoms. The summed E-state index contributed by atoms with van der Waals surface area (Å²) < 4.78 is 1.67. The molecule has 0 saturated carbocycles. The zero-order valence-electron chi connectivity index (χ0n) is 11.4. The summed E-state index contributed by atoms with van der Waals surface area (Å²) >= 11 is 1.62. The first-order valence-corrected chi connectivity index (χ1v) is 7.21. The molecule has 0 aliphatic carbocycles. The minimum atomic E-state index is 0.0735. The van der Waals surface area contributed by atoms with Gasteiger partial charge in [0.2, 0.25) is 5.16 Å². The highest BCUT2D eigenvalue weighted by molar-refractivity contribution is 7.99. The van der Waals surface area contributed by atoms with Crippen LogP contribution in [-0.2, 0) is 7.05 Å². The highest BCUT2D eigenvalue weighted by atomic mass is 32.2. The largest absolute Gasteiger partial charge is 0.326 e. The van der Waals surface area contributed by atoms with E-state index in [9.17, 15) is 0 Å². The monoisotopic (exact) mass is 277 g/mol. The predicted molar refractivity (Wildman–Crippen MR) is 76.8 cm³/mol. The molecular formula is C13H19N5S. The summed E-state index contributed by atoms with van der Waals surface area (Å²) in [7, 11) is 1.84. The van der Waals surface area contributed by atoms with Crippen LogP contribution in [0.3, 0.4) is 0 Å². The Labute approximate surface area is 117 Å². The van der Waals surface area contributed by atoms with Crippen LogP contribution in [0.5, 0.6) is 0 Å². The van der Waals surface area contributed by atoms with Crippen LogP contribution in [-0.4, -0.2) is 26.2 Å². The summed E-state index contributed by atoms with van der Waals surface area (Å²) in [6, 6.07) is 8.56. The van der Waals surface area contributed by atoms with Gasteiger partial charge in [0, 0.05) is 13.1 Å². The Bertz CT molecular complexity index is 522. The average molecular weight is 277 g/mol. The smallest absolute Gasteiger partial charge is 0.209 e. The highest BCUT2D eigenvalue weighted by Gasteiger charge is 2.22. The zero-order chi connectivity index (χ0) is 13.8. The number of hydrogen-bond acceptors (Lipinski definition) is 5. The molecule has 102 valence electrons. The molecule has 0 saturated heterocycles. The Morgan fingerprint density at radius 2 is 2.00 bits per heavy atom. The number of thioether (sulfide) groups is 1. The summed E-state index contributed by atoms with van der Waals surface area (Å²) in [5, 5.41) is 12.5. The predicted octanol–water partition coefficient (Wildman–Crippen LogP) is 2.09. The van der Waals surface area contributed by atoms with Gasteiger partial charge < -0.3 is 5.73 Å². The first kappa shape index (κ1) is 14.0. The van der Waals surface area contributed by atoms with Gasteiger partial charge in [0.05, 0.1) is 5.25 Å². The van der Waals surface area contributed by atoms with Crippen LogP contribution in [0.2, 0.25) is 0 Å². The van der Waals surface area contributed by atoms with Gasteiger partial charge in [-0.3, -0.25) is 0 Å². The van der Waals surface area contributed by atoms with E-state index in [2.05, 4.69) is 53.6 Å². The van der Waals surface area contributed by atoms with Crippen molar-refractivity contribution in [3.8, 4) is 0 Å². The normalized spacial score (nSPS) is 14.3. The maximum Gasteiger partial charge on any atom is 0.209 e. The van der Waals surface area contributed by atoms with Crippen LogP contribution in [0.25, 0.3) is 0 Å². The number of hydrogen-bond donors (Lipinski definition) is 1. The lowest BCUT2D eigenvalue weighted by molar-refractivity contribution is 0.624. The van der Waals surface area contributed by atoms with Gasteiger partial charge in [0.15, 0.2) is 0 Å². The molecule has 0 aliphatic rings. The fraction of sp³-hybridized carbons (Fsp3) is 0.462. The van der Waals surface area contributed by atoms with Gasteiger partial charge in [-0.1, -0.05) is 48.5 Å². The van der Waals surface area contributed by atoms with E-state index in [0.717, 1.165) is 11.6 Å². The number of nitrogens with two attached hydrogens (primary N) is 1. The molecule has 0 fully saturated rings. The second-order valence-corrected chi connectivity index (χ2v) is 5.72. The number of tetrazole rings is 1. The van der Waals surface area contributed by atoms with Crippen molar-refractivity contribution >= 4 is 11.8 Å². The van der Waals surface area contributed by atoms with Crippen LogP contribution in [0, 0.1) is 6.92 Å². The number of rotatable bonds is 5. The van der Waals surface area contributed by atoms with Crippen molar-refractivity contribution in [2.75, 3.05) is 0 Å². The quantitative estimate of drug-likeness (QED) is 0.847. The molecule has 2 rings (SSSR count). The van der Waals surface area contributed by atoms with Gasteiger partial charge >= 0.3 is 0 Å². The Kier molecular flexibility index (Phi) is 4.55.